The molecule has 1 aliphatic rings. The number of carbonyl (C=O) groups is 1. The Morgan fingerprint density at radius 2 is 1.87 bits per heavy atom. The monoisotopic (exact) mass is 443 g/mol. The smallest absolute Gasteiger partial charge is 0.257 e. The van der Waals surface area contributed by atoms with E-state index in [0.29, 0.717) is 12.3 Å². The molecule has 162 valence electrons. The van der Waals surface area contributed by atoms with E-state index in [1.165, 1.54) is 17.7 Å². The third kappa shape index (κ3) is 4.95. The van der Waals surface area contributed by atoms with Crippen LogP contribution < -0.4 is 5.32 Å². The summed E-state index contributed by atoms with van der Waals surface area (Å²) < 4.78 is 24.9. The highest BCUT2D eigenvalue weighted by Gasteiger charge is 2.25. The van der Waals surface area contributed by atoms with Crippen LogP contribution in [0.5, 0.6) is 0 Å². The fourth-order valence-electron chi connectivity index (χ4n) is 3.58. The zero-order valence-corrected chi connectivity index (χ0v) is 17.9. The van der Waals surface area contributed by atoms with E-state index in [2.05, 4.69) is 27.5 Å². The maximum absolute atomic E-state index is 14.3. The number of aromatic nitrogens is 1. The largest absolute Gasteiger partial charge is 0.379 e. The molecule has 3 aromatic rings. The van der Waals surface area contributed by atoms with Crippen LogP contribution in [0.25, 0.3) is 11.3 Å². The molecule has 1 aromatic heterocycles. The molecular weight excluding hydrogens is 421 g/mol. The summed E-state index contributed by atoms with van der Waals surface area (Å²) in [6, 6.07) is 12.4. The number of carbonyl (C=O) groups excluding carboxylic acids is 1. The highest BCUT2D eigenvalue weighted by molar-refractivity contribution is 6.33. The van der Waals surface area contributed by atoms with Crippen LogP contribution in [0.2, 0.25) is 5.02 Å². The van der Waals surface area contributed by atoms with Crippen LogP contribution in [0.4, 0.5) is 4.39 Å². The summed E-state index contributed by atoms with van der Waals surface area (Å²) in [6.45, 7) is 6.22. The van der Waals surface area contributed by atoms with Gasteiger partial charge in [0, 0.05) is 26.2 Å². The number of rotatable bonds is 6. The topological polar surface area (TPSA) is 67.6 Å². The Balaban J connectivity index is 1.43. The number of hydrogen-bond donors (Lipinski definition) is 1. The van der Waals surface area contributed by atoms with Gasteiger partial charge in [-0.05, 0) is 30.2 Å². The molecule has 8 heteroatoms. The summed E-state index contributed by atoms with van der Waals surface area (Å²) in [6.07, 6.45) is 0. The number of aryl methyl sites for hydroxylation is 1. The van der Waals surface area contributed by atoms with Gasteiger partial charge in [0.1, 0.15) is 22.8 Å². The molecular formula is C23H23ClFN3O3. The summed E-state index contributed by atoms with van der Waals surface area (Å²) in [5, 5.41) is 6.90. The molecule has 1 saturated heterocycles. The van der Waals surface area contributed by atoms with Crippen molar-refractivity contribution in [1.29, 1.82) is 0 Å². The van der Waals surface area contributed by atoms with Gasteiger partial charge in [-0.1, -0.05) is 47.1 Å². The maximum Gasteiger partial charge on any atom is 0.257 e. The molecule has 4 rings (SSSR count). The van der Waals surface area contributed by atoms with E-state index in [1.807, 2.05) is 12.1 Å². The Morgan fingerprint density at radius 1 is 1.16 bits per heavy atom. The molecule has 0 atom stereocenters. The molecule has 6 nitrogen and oxygen atoms in total. The van der Waals surface area contributed by atoms with Gasteiger partial charge in [0.15, 0.2) is 0 Å². The number of halogens is 2. The lowest BCUT2D eigenvalue weighted by atomic mass is 10.0. The minimum Gasteiger partial charge on any atom is -0.379 e. The van der Waals surface area contributed by atoms with Crippen molar-refractivity contribution in [2.24, 2.45) is 0 Å². The average Bonchev–Trinajstić information content (AvgIpc) is 3.15. The lowest BCUT2D eigenvalue weighted by molar-refractivity contribution is 0.0342. The van der Waals surface area contributed by atoms with E-state index in [-0.39, 0.29) is 21.8 Å². The Morgan fingerprint density at radius 3 is 2.58 bits per heavy atom. The van der Waals surface area contributed by atoms with Crippen LogP contribution in [0, 0.1) is 12.7 Å². The molecule has 1 amide bonds. The lowest BCUT2D eigenvalue weighted by Crippen LogP contribution is -2.35. The molecule has 0 spiro atoms. The quantitative estimate of drug-likeness (QED) is 0.618. The van der Waals surface area contributed by atoms with E-state index in [1.54, 1.807) is 13.0 Å². The van der Waals surface area contributed by atoms with E-state index >= 15 is 0 Å². The van der Waals surface area contributed by atoms with Crippen molar-refractivity contribution in [3.63, 3.8) is 0 Å². The molecule has 0 saturated carbocycles. The van der Waals surface area contributed by atoms with Crippen molar-refractivity contribution in [2.45, 2.75) is 20.0 Å². The summed E-state index contributed by atoms with van der Waals surface area (Å²) in [7, 11) is 0. The molecule has 1 N–H and O–H groups in total. The van der Waals surface area contributed by atoms with E-state index in [4.69, 9.17) is 20.9 Å². The molecule has 2 aromatic carbocycles. The fourth-order valence-corrected chi connectivity index (χ4v) is 3.84. The van der Waals surface area contributed by atoms with E-state index in [9.17, 15) is 9.18 Å². The lowest BCUT2D eigenvalue weighted by Gasteiger charge is -2.26. The van der Waals surface area contributed by atoms with Crippen LogP contribution in [0.1, 0.15) is 27.2 Å². The average molecular weight is 444 g/mol. The number of nitrogens with one attached hydrogen (secondary N) is 1. The van der Waals surface area contributed by atoms with Crippen LogP contribution in [0.3, 0.4) is 0 Å². The predicted octanol–water partition coefficient (Wildman–Crippen LogP) is 4.20. The second-order valence-corrected chi connectivity index (χ2v) is 7.85. The molecule has 0 unspecified atom stereocenters. The normalized spacial score (nSPS) is 14.5. The Bertz CT molecular complexity index is 1040. The Kier molecular flexibility index (Phi) is 6.65. The highest BCUT2D eigenvalue weighted by Crippen LogP contribution is 2.33. The van der Waals surface area contributed by atoms with E-state index in [0.717, 1.165) is 38.4 Å². The number of morpholine rings is 1. The predicted molar refractivity (Wildman–Crippen MR) is 115 cm³/mol. The van der Waals surface area contributed by atoms with Crippen molar-refractivity contribution in [1.82, 2.24) is 15.4 Å². The summed E-state index contributed by atoms with van der Waals surface area (Å²) in [5.41, 5.74) is 2.50. The third-order valence-electron chi connectivity index (χ3n) is 5.28. The van der Waals surface area contributed by atoms with Gasteiger partial charge in [-0.15, -0.1) is 0 Å². The molecule has 2 heterocycles. The van der Waals surface area contributed by atoms with Gasteiger partial charge in [-0.3, -0.25) is 9.69 Å². The van der Waals surface area contributed by atoms with Gasteiger partial charge >= 0.3 is 0 Å². The van der Waals surface area contributed by atoms with E-state index < -0.39 is 11.7 Å². The first-order valence-electron chi connectivity index (χ1n) is 10.1. The van der Waals surface area contributed by atoms with Gasteiger partial charge in [-0.25, -0.2) is 4.39 Å². The zero-order chi connectivity index (χ0) is 21.8. The van der Waals surface area contributed by atoms with Gasteiger partial charge in [0.25, 0.3) is 5.91 Å². The van der Waals surface area contributed by atoms with Crippen molar-refractivity contribution in [3.05, 3.63) is 75.8 Å². The van der Waals surface area contributed by atoms with Crippen LogP contribution in [0.15, 0.2) is 47.0 Å². The molecule has 0 radical (unpaired) electrons. The molecule has 0 bridgehead atoms. The van der Waals surface area contributed by atoms with Crippen LogP contribution in [-0.4, -0.2) is 42.3 Å². The Hall–Kier alpha value is -2.74. The second-order valence-electron chi connectivity index (χ2n) is 7.45. The molecule has 1 fully saturated rings. The van der Waals surface area contributed by atoms with Crippen molar-refractivity contribution >= 4 is 17.5 Å². The highest BCUT2D eigenvalue weighted by atomic mass is 35.5. The number of ether oxygens (including phenoxy) is 1. The number of benzene rings is 2. The number of amides is 1. The van der Waals surface area contributed by atoms with Crippen LogP contribution in [-0.2, 0) is 17.8 Å². The third-order valence-corrected chi connectivity index (χ3v) is 5.59. The fraction of sp³-hybridized carbons (Fsp3) is 0.304. The Labute approximate surface area is 184 Å². The minimum absolute atomic E-state index is 0.0543. The summed E-state index contributed by atoms with van der Waals surface area (Å²) >= 11 is 6.14. The van der Waals surface area contributed by atoms with Crippen molar-refractivity contribution in [3.8, 4) is 11.3 Å². The van der Waals surface area contributed by atoms with Gasteiger partial charge in [-0.2, -0.15) is 0 Å². The van der Waals surface area contributed by atoms with Gasteiger partial charge in [0.2, 0.25) is 0 Å². The number of hydrogen-bond acceptors (Lipinski definition) is 5. The first kappa shape index (κ1) is 21.5. The maximum atomic E-state index is 14.3. The minimum atomic E-state index is -0.564. The van der Waals surface area contributed by atoms with Crippen molar-refractivity contribution < 1.29 is 18.4 Å². The standard InChI is InChI=1S/C23H23ClFN3O3/c1-15-20(22(27-31-15)21-18(24)3-2-4-19(21)25)23(29)26-13-16-5-7-17(8-6-16)14-28-9-11-30-12-10-28/h2-8H,9-14H2,1H3,(H,26,29). The zero-order valence-electron chi connectivity index (χ0n) is 17.2. The number of nitrogens with zero attached hydrogens (tertiary/aromatic N) is 2. The van der Waals surface area contributed by atoms with Crippen molar-refractivity contribution in [2.75, 3.05) is 26.3 Å². The van der Waals surface area contributed by atoms with Gasteiger partial charge < -0.3 is 14.6 Å². The first-order chi connectivity index (χ1) is 15.0. The van der Waals surface area contributed by atoms with Gasteiger partial charge in [0.05, 0.1) is 23.8 Å². The molecule has 1 aliphatic heterocycles. The van der Waals surface area contributed by atoms with Crippen LogP contribution >= 0.6 is 11.6 Å². The summed E-state index contributed by atoms with van der Waals surface area (Å²) in [4.78, 5) is 15.2. The first-order valence-corrected chi connectivity index (χ1v) is 10.5. The molecule has 0 aliphatic carbocycles. The second kappa shape index (κ2) is 9.60. The SMILES string of the molecule is Cc1onc(-c2c(F)cccc2Cl)c1C(=O)NCc1ccc(CN2CCOCC2)cc1. The molecule has 31 heavy (non-hydrogen) atoms. The summed E-state index contributed by atoms with van der Waals surface area (Å²) in [5.74, 6) is -0.663.